The monoisotopic (exact) mass is 459 g/mol. The van der Waals surface area contributed by atoms with Crippen LogP contribution in [0.4, 0.5) is 0 Å². The highest BCUT2D eigenvalue weighted by Gasteiger charge is 2.29. The lowest BCUT2D eigenvalue weighted by atomic mass is 10.0. The number of likely N-dealkylation sites (tertiary alicyclic amines) is 1. The van der Waals surface area contributed by atoms with Crippen LogP contribution in [0.25, 0.3) is 0 Å². The number of rotatable bonds is 5. The molecule has 2 saturated heterocycles. The summed E-state index contributed by atoms with van der Waals surface area (Å²) < 4.78 is 32.8. The van der Waals surface area contributed by atoms with Gasteiger partial charge in [0.2, 0.25) is 10.0 Å². The third kappa shape index (κ3) is 4.88. The molecule has 0 radical (unpaired) electrons. The highest BCUT2D eigenvalue weighted by Crippen LogP contribution is 2.23. The van der Waals surface area contributed by atoms with Gasteiger partial charge < -0.3 is 14.6 Å². The number of carbonyl (C=O) groups is 2. The lowest BCUT2D eigenvalue weighted by Crippen LogP contribution is -2.46. The maximum absolute atomic E-state index is 13.0. The van der Waals surface area contributed by atoms with Crippen LogP contribution in [-0.2, 0) is 10.0 Å². The van der Waals surface area contributed by atoms with Crippen LogP contribution in [-0.4, -0.2) is 61.7 Å². The topological polar surface area (TPSA) is 99.9 Å². The minimum atomic E-state index is -3.59. The van der Waals surface area contributed by atoms with Crippen molar-refractivity contribution in [2.45, 2.75) is 50.0 Å². The lowest BCUT2D eigenvalue weighted by molar-refractivity contribution is 0.0695. The van der Waals surface area contributed by atoms with Crippen molar-refractivity contribution in [1.82, 2.24) is 14.5 Å². The van der Waals surface area contributed by atoms with Crippen LogP contribution in [0.3, 0.4) is 0 Å². The van der Waals surface area contributed by atoms with Crippen molar-refractivity contribution in [2.24, 2.45) is 0 Å². The number of carbonyl (C=O) groups excluding carboxylic acids is 2. The van der Waals surface area contributed by atoms with E-state index < -0.39 is 10.0 Å². The zero-order valence-corrected chi connectivity index (χ0v) is 19.1. The molecule has 0 atom stereocenters. The van der Waals surface area contributed by atoms with Gasteiger partial charge in [0.1, 0.15) is 5.76 Å². The number of hydrogen-bond acceptors (Lipinski definition) is 5. The number of amides is 2. The average molecular weight is 460 g/mol. The van der Waals surface area contributed by atoms with Gasteiger partial charge in [0.05, 0.1) is 4.90 Å². The molecule has 0 unspecified atom stereocenters. The van der Waals surface area contributed by atoms with Crippen molar-refractivity contribution in [3.63, 3.8) is 0 Å². The van der Waals surface area contributed by atoms with E-state index in [-0.39, 0.29) is 28.5 Å². The summed E-state index contributed by atoms with van der Waals surface area (Å²) in [5.41, 5.74) is 0.372. The Morgan fingerprint density at radius 3 is 2.38 bits per heavy atom. The van der Waals surface area contributed by atoms with E-state index in [0.717, 1.165) is 19.3 Å². The van der Waals surface area contributed by atoms with E-state index in [1.165, 1.54) is 10.4 Å². The van der Waals surface area contributed by atoms with Crippen molar-refractivity contribution >= 4 is 21.8 Å². The fraction of sp³-hybridized carbons (Fsp3) is 0.478. The molecule has 1 N–H and O–H groups in total. The Hall–Kier alpha value is -2.65. The van der Waals surface area contributed by atoms with Gasteiger partial charge in [0, 0.05) is 37.8 Å². The van der Waals surface area contributed by atoms with Crippen molar-refractivity contribution < 1.29 is 22.4 Å². The highest BCUT2D eigenvalue weighted by molar-refractivity contribution is 7.89. The van der Waals surface area contributed by atoms with Crippen molar-refractivity contribution in [3.05, 3.63) is 53.5 Å². The Morgan fingerprint density at radius 1 is 1.00 bits per heavy atom. The second-order valence-corrected chi connectivity index (χ2v) is 10.4. The summed E-state index contributed by atoms with van der Waals surface area (Å²) in [6.45, 7) is 3.82. The van der Waals surface area contributed by atoms with E-state index in [4.69, 9.17) is 4.42 Å². The molecule has 2 aliphatic heterocycles. The summed E-state index contributed by atoms with van der Waals surface area (Å²) in [6, 6.07) is 9.68. The van der Waals surface area contributed by atoms with Gasteiger partial charge in [-0.2, -0.15) is 4.31 Å². The SMILES string of the molecule is Cc1ccc(C(=O)NC2CCN(C(=O)c3cccc(S(=O)(=O)N4CCCCC4)c3)CC2)o1. The molecule has 3 heterocycles. The minimum Gasteiger partial charge on any atom is -0.456 e. The number of piperidine rings is 2. The molecule has 0 aliphatic carbocycles. The molecule has 9 heteroatoms. The van der Waals surface area contributed by atoms with E-state index >= 15 is 0 Å². The Bertz CT molecular complexity index is 1080. The third-order valence-electron chi connectivity index (χ3n) is 6.12. The molecule has 172 valence electrons. The molecule has 32 heavy (non-hydrogen) atoms. The first-order valence-electron chi connectivity index (χ1n) is 11.1. The van der Waals surface area contributed by atoms with Gasteiger partial charge in [-0.25, -0.2) is 8.42 Å². The van der Waals surface area contributed by atoms with Gasteiger partial charge in [-0.1, -0.05) is 12.5 Å². The quantitative estimate of drug-likeness (QED) is 0.741. The highest BCUT2D eigenvalue weighted by atomic mass is 32.2. The van der Waals surface area contributed by atoms with Crippen LogP contribution in [0, 0.1) is 6.92 Å². The predicted octanol–water partition coefficient (Wildman–Crippen LogP) is 2.80. The van der Waals surface area contributed by atoms with Gasteiger partial charge in [0.15, 0.2) is 5.76 Å². The molecule has 2 aliphatic rings. The van der Waals surface area contributed by atoms with Crippen LogP contribution in [0.2, 0.25) is 0 Å². The number of hydrogen-bond donors (Lipinski definition) is 1. The number of furan rings is 1. The lowest BCUT2D eigenvalue weighted by Gasteiger charge is -2.32. The summed E-state index contributed by atoms with van der Waals surface area (Å²) in [7, 11) is -3.59. The molecular weight excluding hydrogens is 430 g/mol. The Labute approximate surface area is 188 Å². The Morgan fingerprint density at radius 2 is 1.72 bits per heavy atom. The van der Waals surface area contributed by atoms with Gasteiger partial charge >= 0.3 is 0 Å². The van der Waals surface area contributed by atoms with Crippen molar-refractivity contribution in [1.29, 1.82) is 0 Å². The molecule has 4 rings (SSSR count). The molecule has 0 spiro atoms. The van der Waals surface area contributed by atoms with Gasteiger partial charge in [-0.15, -0.1) is 0 Å². The summed E-state index contributed by atoms with van der Waals surface area (Å²) in [5.74, 6) is 0.526. The average Bonchev–Trinajstić information content (AvgIpc) is 3.26. The predicted molar refractivity (Wildman–Crippen MR) is 119 cm³/mol. The largest absolute Gasteiger partial charge is 0.456 e. The Balaban J connectivity index is 1.37. The van der Waals surface area contributed by atoms with E-state index in [1.807, 2.05) is 0 Å². The van der Waals surface area contributed by atoms with Crippen LogP contribution < -0.4 is 5.32 Å². The number of sulfonamides is 1. The second-order valence-electron chi connectivity index (χ2n) is 8.44. The summed E-state index contributed by atoms with van der Waals surface area (Å²) in [5, 5.41) is 2.96. The molecule has 0 bridgehead atoms. The van der Waals surface area contributed by atoms with Crippen LogP contribution in [0.5, 0.6) is 0 Å². The number of aryl methyl sites for hydroxylation is 1. The molecule has 1 aromatic carbocycles. The smallest absolute Gasteiger partial charge is 0.287 e. The van der Waals surface area contributed by atoms with E-state index in [0.29, 0.717) is 50.3 Å². The van der Waals surface area contributed by atoms with Crippen molar-refractivity contribution in [2.75, 3.05) is 26.2 Å². The fourth-order valence-electron chi connectivity index (χ4n) is 4.27. The molecule has 2 fully saturated rings. The third-order valence-corrected chi connectivity index (χ3v) is 8.01. The van der Waals surface area contributed by atoms with E-state index in [9.17, 15) is 18.0 Å². The summed E-state index contributed by atoms with van der Waals surface area (Å²) >= 11 is 0. The zero-order valence-electron chi connectivity index (χ0n) is 18.2. The Kier molecular flexibility index (Phi) is 6.66. The summed E-state index contributed by atoms with van der Waals surface area (Å²) in [4.78, 5) is 27.2. The van der Waals surface area contributed by atoms with Crippen LogP contribution in [0.15, 0.2) is 45.7 Å². The minimum absolute atomic E-state index is 0.0391. The second kappa shape index (κ2) is 9.46. The fourth-order valence-corrected chi connectivity index (χ4v) is 5.83. The first-order valence-corrected chi connectivity index (χ1v) is 12.6. The van der Waals surface area contributed by atoms with Crippen LogP contribution in [0.1, 0.15) is 58.8 Å². The zero-order chi connectivity index (χ0) is 22.7. The van der Waals surface area contributed by atoms with Crippen LogP contribution >= 0.6 is 0 Å². The maximum atomic E-state index is 13.0. The first kappa shape index (κ1) is 22.5. The number of benzene rings is 1. The summed E-state index contributed by atoms with van der Waals surface area (Å²) in [6.07, 6.45) is 4.03. The standard InChI is InChI=1S/C23H29N3O5S/c1-17-8-9-21(31-17)22(27)24-19-10-14-25(15-11-19)23(28)18-6-5-7-20(16-18)32(29,30)26-12-3-2-4-13-26/h5-9,16,19H,2-4,10-15H2,1H3,(H,24,27). The molecular formula is C23H29N3O5S. The molecule has 2 aromatic rings. The van der Waals surface area contributed by atoms with Gasteiger partial charge in [-0.3, -0.25) is 9.59 Å². The molecule has 0 saturated carbocycles. The van der Waals surface area contributed by atoms with Gasteiger partial charge in [0.25, 0.3) is 11.8 Å². The number of nitrogens with one attached hydrogen (secondary N) is 1. The maximum Gasteiger partial charge on any atom is 0.287 e. The molecule has 1 aromatic heterocycles. The molecule has 2 amide bonds. The van der Waals surface area contributed by atoms with Gasteiger partial charge in [-0.05, 0) is 62.9 Å². The molecule has 8 nitrogen and oxygen atoms in total. The first-order chi connectivity index (χ1) is 15.3. The normalized spacial score (nSPS) is 18.5. The van der Waals surface area contributed by atoms with E-state index in [2.05, 4.69) is 5.32 Å². The van der Waals surface area contributed by atoms with Crippen molar-refractivity contribution in [3.8, 4) is 0 Å². The van der Waals surface area contributed by atoms with E-state index in [1.54, 1.807) is 42.2 Å². The number of nitrogens with zero attached hydrogens (tertiary/aromatic N) is 2.